The molecule has 7 fully saturated rings. The second-order valence-corrected chi connectivity index (χ2v) is 13.6. The van der Waals surface area contributed by atoms with E-state index in [1.54, 1.807) is 122 Å². The molecule has 7 saturated carbocycles. The fourth-order valence-corrected chi connectivity index (χ4v) is 12.3. The monoisotopic (exact) mass is 648 g/mol. The van der Waals surface area contributed by atoms with Gasteiger partial charge in [-0.3, -0.25) is 0 Å². The second-order valence-electron chi connectivity index (χ2n) is 13.6. The molecule has 7 aliphatic rings. The summed E-state index contributed by atoms with van der Waals surface area (Å²) in [6, 6.07) is 0. The average Bonchev–Trinajstić information content (AvgIpc) is 3.41. The Morgan fingerprint density at radius 1 is 0.400 bits per heavy atom. The fourth-order valence-electron chi connectivity index (χ4n) is 12.3. The van der Waals surface area contributed by atoms with E-state index in [2.05, 4.69) is 0 Å². The molecule has 35 heavy (non-hydrogen) atoms. The maximum Gasteiger partial charge on any atom is 4.00 e. The Morgan fingerprint density at radius 2 is 0.829 bits per heavy atom. The molecule has 8 atom stereocenters. The molecule has 0 radical (unpaired) electrons. The predicted molar refractivity (Wildman–Crippen MR) is 151 cm³/mol. The maximum absolute atomic E-state index is 1.66. The van der Waals surface area contributed by atoms with Crippen LogP contribution in [0.4, 0.5) is 0 Å². The third-order valence-electron chi connectivity index (χ3n) is 13.1. The molecule has 0 bridgehead atoms. The average molecular weight is 647 g/mol. The van der Waals surface area contributed by atoms with Crippen molar-refractivity contribution in [2.24, 2.45) is 64.6 Å². The molecule has 0 spiro atoms. The van der Waals surface area contributed by atoms with Crippen LogP contribution in [0.5, 0.6) is 0 Å². The number of hydrogen-bond acceptors (Lipinski definition) is 0. The van der Waals surface area contributed by atoms with Crippen molar-refractivity contribution in [3.8, 4) is 0 Å². The van der Waals surface area contributed by atoms with Crippen molar-refractivity contribution in [1.82, 2.24) is 0 Å². The molecule has 0 aromatic heterocycles. The molecule has 0 nitrogen and oxygen atoms in total. The van der Waals surface area contributed by atoms with Crippen molar-refractivity contribution < 1.29 is 25.8 Å². The number of hydrogen-bond donors (Lipinski definition) is 0. The predicted octanol–water partition coefficient (Wildman–Crippen LogP) is 10.4. The first-order valence-electron chi connectivity index (χ1n) is 14.9. The Hall–Kier alpha value is 0.870. The minimum absolute atomic E-state index is 0. The molecule has 7 rings (SSSR count). The van der Waals surface area contributed by atoms with Gasteiger partial charge in [0.15, 0.2) is 0 Å². The molecular formula is C34H60Hf. The van der Waals surface area contributed by atoms with E-state index in [1.165, 1.54) is 29.6 Å². The van der Waals surface area contributed by atoms with E-state index < -0.39 is 0 Å². The Labute approximate surface area is 241 Å². The van der Waals surface area contributed by atoms with E-state index in [-0.39, 0.29) is 55.5 Å². The van der Waals surface area contributed by atoms with E-state index in [1.807, 2.05) is 0 Å². The van der Waals surface area contributed by atoms with E-state index in [0.717, 1.165) is 35.0 Å². The summed E-state index contributed by atoms with van der Waals surface area (Å²) in [4.78, 5) is 0. The SMILES string of the molecule is C1CCC2C(C1)CCC1C2C2C3CCCCC3CCC2C1C1(C2CCCC2)CCC1.[CH3-].[CH3-].[CH3-].[CH3-].[Hf+4]. The van der Waals surface area contributed by atoms with E-state index in [9.17, 15) is 0 Å². The van der Waals surface area contributed by atoms with Gasteiger partial charge in [0, 0.05) is 0 Å². The van der Waals surface area contributed by atoms with Gasteiger partial charge in [0.05, 0.1) is 0 Å². The van der Waals surface area contributed by atoms with Gasteiger partial charge in [-0.15, -0.1) is 0 Å². The summed E-state index contributed by atoms with van der Waals surface area (Å²) >= 11 is 0. The molecule has 1 heteroatoms. The van der Waals surface area contributed by atoms with Crippen LogP contribution in [0, 0.1) is 94.3 Å². The quantitative estimate of drug-likeness (QED) is 0.207. The van der Waals surface area contributed by atoms with Crippen LogP contribution in [0.1, 0.15) is 122 Å². The van der Waals surface area contributed by atoms with Gasteiger partial charge in [-0.25, -0.2) is 0 Å². The summed E-state index contributed by atoms with van der Waals surface area (Å²) in [5.41, 5.74) is 0.835. The van der Waals surface area contributed by atoms with Gasteiger partial charge < -0.3 is 29.7 Å². The fraction of sp³-hybridized carbons (Fsp3) is 0.882. The van der Waals surface area contributed by atoms with Gasteiger partial charge in [-0.2, -0.15) is 0 Å². The van der Waals surface area contributed by atoms with E-state index in [4.69, 9.17) is 0 Å². The molecule has 0 heterocycles. The Bertz CT molecular complexity index is 593. The zero-order valence-corrected chi connectivity index (χ0v) is 27.8. The zero-order valence-electron chi connectivity index (χ0n) is 24.2. The van der Waals surface area contributed by atoms with Crippen molar-refractivity contribution in [1.29, 1.82) is 0 Å². The van der Waals surface area contributed by atoms with Crippen LogP contribution in [0.15, 0.2) is 0 Å². The van der Waals surface area contributed by atoms with Crippen LogP contribution >= 0.6 is 0 Å². The first-order valence-corrected chi connectivity index (χ1v) is 14.9. The number of rotatable bonds is 2. The molecule has 0 aromatic carbocycles. The van der Waals surface area contributed by atoms with Crippen molar-refractivity contribution in [3.63, 3.8) is 0 Å². The largest absolute Gasteiger partial charge is 4.00 e. The minimum atomic E-state index is 0. The molecule has 0 aliphatic heterocycles. The van der Waals surface area contributed by atoms with Crippen LogP contribution in [0.3, 0.4) is 0 Å². The molecule has 200 valence electrons. The van der Waals surface area contributed by atoms with Crippen molar-refractivity contribution >= 4 is 0 Å². The van der Waals surface area contributed by atoms with Gasteiger partial charge >= 0.3 is 25.8 Å². The van der Waals surface area contributed by atoms with Crippen molar-refractivity contribution in [2.75, 3.05) is 0 Å². The smallest absolute Gasteiger partial charge is 0.358 e. The molecular weight excluding hydrogens is 587 g/mol. The Kier molecular flexibility index (Phi) is 11.7. The van der Waals surface area contributed by atoms with Gasteiger partial charge in [-0.05, 0) is 129 Å². The Balaban J connectivity index is 0.000000864. The minimum Gasteiger partial charge on any atom is -0.358 e. The molecule has 7 aliphatic carbocycles. The summed E-state index contributed by atoms with van der Waals surface area (Å²) < 4.78 is 0. The van der Waals surface area contributed by atoms with Crippen LogP contribution in [-0.4, -0.2) is 0 Å². The van der Waals surface area contributed by atoms with E-state index >= 15 is 0 Å². The maximum atomic E-state index is 1.66. The topological polar surface area (TPSA) is 0 Å². The molecule has 0 aromatic rings. The van der Waals surface area contributed by atoms with E-state index in [0.29, 0.717) is 0 Å². The molecule has 8 unspecified atom stereocenters. The van der Waals surface area contributed by atoms with Crippen molar-refractivity contribution in [3.05, 3.63) is 29.7 Å². The van der Waals surface area contributed by atoms with Crippen LogP contribution in [0.2, 0.25) is 0 Å². The molecule has 0 amide bonds. The zero-order chi connectivity index (χ0) is 19.7. The van der Waals surface area contributed by atoms with Gasteiger partial charge in [0.1, 0.15) is 0 Å². The standard InChI is InChI=1S/C30H48.4CH3.Hf/c1-5-12-23-20(8-1)14-16-25-27(23)28-24-13-6-2-9-21(24)15-17-26(28)29(25)30(18-7-19-30)22-10-3-4-11-22;;;;;/h20-29H,1-19H2;4*1H3;/q;4*-1;+4. The number of fused-ring (bicyclic) bond motifs is 7. The summed E-state index contributed by atoms with van der Waals surface area (Å²) in [6.45, 7) is 0. The third kappa shape index (κ3) is 4.88. The summed E-state index contributed by atoms with van der Waals surface area (Å²) in [6.07, 6.45) is 30.6. The van der Waals surface area contributed by atoms with Gasteiger partial charge in [0.2, 0.25) is 0 Å². The normalized spacial score (nSPS) is 45.1. The first-order chi connectivity index (χ1) is 14.9. The summed E-state index contributed by atoms with van der Waals surface area (Å²) in [5.74, 6) is 11.6. The molecule has 0 N–H and O–H groups in total. The van der Waals surface area contributed by atoms with Crippen LogP contribution < -0.4 is 0 Å². The summed E-state index contributed by atoms with van der Waals surface area (Å²) in [5, 5.41) is 0. The second kappa shape index (κ2) is 12.8. The third-order valence-corrected chi connectivity index (χ3v) is 13.1. The van der Waals surface area contributed by atoms with Gasteiger partial charge in [0.25, 0.3) is 0 Å². The van der Waals surface area contributed by atoms with Crippen LogP contribution in [0.25, 0.3) is 0 Å². The van der Waals surface area contributed by atoms with Crippen LogP contribution in [-0.2, 0) is 25.8 Å². The summed E-state index contributed by atoms with van der Waals surface area (Å²) in [7, 11) is 0. The van der Waals surface area contributed by atoms with Gasteiger partial charge in [-0.1, -0.05) is 57.8 Å². The Morgan fingerprint density at radius 3 is 1.26 bits per heavy atom. The first kappa shape index (κ1) is 32.1. The molecule has 0 saturated heterocycles. The van der Waals surface area contributed by atoms with Crippen molar-refractivity contribution in [2.45, 2.75) is 122 Å².